The van der Waals surface area contributed by atoms with Crippen molar-refractivity contribution in [3.8, 4) is 23.0 Å². The van der Waals surface area contributed by atoms with Crippen LogP contribution in [0.3, 0.4) is 0 Å². The van der Waals surface area contributed by atoms with Crippen LogP contribution in [0.25, 0.3) is 0 Å². The summed E-state index contributed by atoms with van der Waals surface area (Å²) in [7, 11) is 6.41. The first kappa shape index (κ1) is 19.3. The Hall–Kier alpha value is -2.44. The number of methoxy groups -OCH3 is 4. The lowest BCUT2D eigenvalue weighted by Gasteiger charge is -2.31. The molecule has 6 nitrogen and oxygen atoms in total. The number of phenols is 1. The van der Waals surface area contributed by atoms with Crippen LogP contribution in [0, 0.1) is 0 Å². The number of fused-ring (bicyclic) bond motifs is 1. The second-order valence-corrected chi connectivity index (χ2v) is 6.39. The van der Waals surface area contributed by atoms with Crippen molar-refractivity contribution in [3.63, 3.8) is 0 Å². The number of phenolic OH excluding ortho intramolecular Hbond substituents is 1. The maximum absolute atomic E-state index is 10.3. The molecule has 2 atom stereocenters. The Morgan fingerprint density at radius 3 is 2.33 bits per heavy atom. The van der Waals surface area contributed by atoms with Gasteiger partial charge in [-0.1, -0.05) is 6.07 Å². The Balaban J connectivity index is 2.07. The molecular weight excluding hydrogens is 348 g/mol. The van der Waals surface area contributed by atoms with Gasteiger partial charge in [-0.3, -0.25) is 0 Å². The highest BCUT2D eigenvalue weighted by Crippen LogP contribution is 2.43. The minimum Gasteiger partial charge on any atom is -0.504 e. The maximum Gasteiger partial charge on any atom is 0.161 e. The van der Waals surface area contributed by atoms with Gasteiger partial charge in [-0.05, 0) is 53.8 Å². The molecule has 2 aromatic rings. The minimum absolute atomic E-state index is 0.0879. The van der Waals surface area contributed by atoms with Gasteiger partial charge >= 0.3 is 0 Å². The van der Waals surface area contributed by atoms with E-state index in [9.17, 15) is 5.11 Å². The molecule has 0 amide bonds. The van der Waals surface area contributed by atoms with Crippen molar-refractivity contribution in [2.24, 2.45) is 0 Å². The van der Waals surface area contributed by atoms with Crippen LogP contribution in [-0.4, -0.2) is 40.2 Å². The summed E-state index contributed by atoms with van der Waals surface area (Å²) in [6.45, 7) is 0.599. The van der Waals surface area contributed by atoms with E-state index < -0.39 is 0 Å². The summed E-state index contributed by atoms with van der Waals surface area (Å²) in [4.78, 5) is 0. The molecule has 0 saturated heterocycles. The van der Waals surface area contributed by atoms with E-state index in [1.54, 1.807) is 34.5 Å². The Bertz CT molecular complexity index is 788. The van der Waals surface area contributed by atoms with Gasteiger partial charge in [-0.15, -0.1) is 0 Å². The summed E-state index contributed by atoms with van der Waals surface area (Å²) in [5.41, 5.74) is 2.91. The van der Waals surface area contributed by atoms with Crippen LogP contribution in [0.2, 0.25) is 0 Å². The number of aromatic hydroxyl groups is 1. The topological polar surface area (TPSA) is 66.4 Å². The molecule has 2 unspecified atom stereocenters. The van der Waals surface area contributed by atoms with E-state index >= 15 is 0 Å². The van der Waals surface area contributed by atoms with Gasteiger partial charge in [0.2, 0.25) is 0 Å². The monoisotopic (exact) mass is 374 g/mol. The van der Waals surface area contributed by atoms with E-state index in [-0.39, 0.29) is 18.0 Å². The third-order valence-corrected chi connectivity index (χ3v) is 4.90. The Morgan fingerprint density at radius 1 is 0.926 bits per heavy atom. The van der Waals surface area contributed by atoms with E-state index in [2.05, 4.69) is 0 Å². The summed E-state index contributed by atoms with van der Waals surface area (Å²) in [6, 6.07) is 9.30. The Kier molecular flexibility index (Phi) is 6.08. The molecule has 0 aliphatic carbocycles. The van der Waals surface area contributed by atoms with E-state index in [0.717, 1.165) is 29.5 Å². The fourth-order valence-electron chi connectivity index (χ4n) is 3.55. The summed E-state index contributed by atoms with van der Waals surface area (Å²) >= 11 is 0. The minimum atomic E-state index is -0.379. The zero-order valence-corrected chi connectivity index (χ0v) is 16.2. The van der Waals surface area contributed by atoms with Gasteiger partial charge in [0, 0.05) is 13.7 Å². The van der Waals surface area contributed by atoms with Crippen molar-refractivity contribution < 1.29 is 28.8 Å². The molecular formula is C21H26O6. The molecule has 0 saturated carbocycles. The van der Waals surface area contributed by atoms with Crippen LogP contribution in [0.1, 0.15) is 35.3 Å². The predicted molar refractivity (Wildman–Crippen MR) is 101 cm³/mol. The average Bonchev–Trinajstić information content (AvgIpc) is 2.69. The molecule has 0 fully saturated rings. The van der Waals surface area contributed by atoms with Crippen molar-refractivity contribution in [2.75, 3.05) is 35.0 Å². The molecule has 0 spiro atoms. The molecule has 3 rings (SSSR count). The Morgan fingerprint density at radius 2 is 1.67 bits per heavy atom. The third kappa shape index (κ3) is 3.82. The third-order valence-electron chi connectivity index (χ3n) is 4.90. The van der Waals surface area contributed by atoms with Gasteiger partial charge in [-0.25, -0.2) is 0 Å². The quantitative estimate of drug-likeness (QED) is 0.858. The van der Waals surface area contributed by atoms with Crippen molar-refractivity contribution >= 4 is 0 Å². The first-order valence-electron chi connectivity index (χ1n) is 8.89. The van der Waals surface area contributed by atoms with Crippen molar-refractivity contribution in [2.45, 2.75) is 25.0 Å². The highest BCUT2D eigenvalue weighted by Gasteiger charge is 2.31. The van der Waals surface area contributed by atoms with Crippen molar-refractivity contribution in [1.82, 2.24) is 0 Å². The lowest BCUT2D eigenvalue weighted by atomic mass is 9.90. The molecule has 1 N–H and O–H groups in total. The lowest BCUT2D eigenvalue weighted by Crippen LogP contribution is -2.21. The van der Waals surface area contributed by atoms with E-state index in [1.165, 1.54) is 0 Å². The smallest absolute Gasteiger partial charge is 0.161 e. The fraction of sp³-hybridized carbons (Fsp3) is 0.429. The highest BCUT2D eigenvalue weighted by molar-refractivity contribution is 5.49. The number of benzene rings is 2. The maximum atomic E-state index is 10.3. The number of aryl methyl sites for hydroxylation is 1. The largest absolute Gasteiger partial charge is 0.504 e. The molecule has 0 aromatic heterocycles. The molecule has 0 radical (unpaired) electrons. The second kappa shape index (κ2) is 8.50. The summed E-state index contributed by atoms with van der Waals surface area (Å²) in [5, 5.41) is 10.3. The average molecular weight is 374 g/mol. The molecule has 146 valence electrons. The van der Waals surface area contributed by atoms with Crippen LogP contribution in [0.4, 0.5) is 0 Å². The number of rotatable bonds is 5. The first-order valence-corrected chi connectivity index (χ1v) is 8.89. The number of hydrogen-bond acceptors (Lipinski definition) is 6. The van der Waals surface area contributed by atoms with Gasteiger partial charge in [0.15, 0.2) is 23.0 Å². The summed E-state index contributed by atoms with van der Waals surface area (Å²) in [6.07, 6.45) is 0.961. The van der Waals surface area contributed by atoms with Gasteiger partial charge in [0.1, 0.15) is 12.2 Å². The lowest BCUT2D eigenvalue weighted by molar-refractivity contribution is -0.0649. The SMILES string of the molecule is COc1cc2c(cc1O)C(OC)C(c1ccc(OC)c(OC)c1)OCCC2. The zero-order valence-electron chi connectivity index (χ0n) is 16.2. The van der Waals surface area contributed by atoms with Crippen LogP contribution in [0.5, 0.6) is 23.0 Å². The highest BCUT2D eigenvalue weighted by atomic mass is 16.5. The standard InChI is InChI=1S/C21H26O6/c1-23-17-8-7-14(11-19(17)25-3)20-21(26-4)15-12-16(22)18(24-2)10-13(15)6-5-9-27-20/h7-8,10-12,20-22H,5-6,9H2,1-4H3. The molecule has 1 heterocycles. The predicted octanol–water partition coefficient (Wildman–Crippen LogP) is 3.81. The van der Waals surface area contributed by atoms with E-state index in [0.29, 0.717) is 23.9 Å². The van der Waals surface area contributed by atoms with Crippen LogP contribution in [0.15, 0.2) is 30.3 Å². The van der Waals surface area contributed by atoms with Gasteiger partial charge < -0.3 is 28.8 Å². The molecule has 1 aliphatic heterocycles. The zero-order chi connectivity index (χ0) is 19.4. The Labute approximate surface area is 159 Å². The van der Waals surface area contributed by atoms with Crippen LogP contribution >= 0.6 is 0 Å². The molecule has 2 aromatic carbocycles. The summed E-state index contributed by atoms with van der Waals surface area (Å²) < 4.78 is 28.0. The van der Waals surface area contributed by atoms with E-state index in [1.807, 2.05) is 24.3 Å². The normalized spacial score (nSPS) is 19.6. The molecule has 0 bridgehead atoms. The summed E-state index contributed by atoms with van der Waals surface area (Å²) in [5.74, 6) is 1.84. The van der Waals surface area contributed by atoms with Crippen molar-refractivity contribution in [1.29, 1.82) is 0 Å². The molecule has 1 aliphatic rings. The number of ether oxygens (including phenoxy) is 5. The molecule has 27 heavy (non-hydrogen) atoms. The fourth-order valence-corrected chi connectivity index (χ4v) is 3.55. The molecule has 6 heteroatoms. The van der Waals surface area contributed by atoms with Gasteiger partial charge in [0.25, 0.3) is 0 Å². The second-order valence-electron chi connectivity index (χ2n) is 6.39. The van der Waals surface area contributed by atoms with Crippen LogP contribution in [-0.2, 0) is 15.9 Å². The van der Waals surface area contributed by atoms with Gasteiger partial charge in [0.05, 0.1) is 21.3 Å². The number of hydrogen-bond donors (Lipinski definition) is 1. The first-order chi connectivity index (χ1) is 13.1. The van der Waals surface area contributed by atoms with E-state index in [4.69, 9.17) is 23.7 Å². The van der Waals surface area contributed by atoms with Crippen molar-refractivity contribution in [3.05, 3.63) is 47.0 Å². The van der Waals surface area contributed by atoms with Crippen LogP contribution < -0.4 is 14.2 Å². The van der Waals surface area contributed by atoms with Gasteiger partial charge in [-0.2, -0.15) is 0 Å².